The topological polar surface area (TPSA) is 52.3 Å². The summed E-state index contributed by atoms with van der Waals surface area (Å²) in [5.41, 5.74) is 8.46. The van der Waals surface area contributed by atoms with Crippen molar-refractivity contribution in [1.29, 1.82) is 0 Å². The Morgan fingerprint density at radius 1 is 1.33 bits per heavy atom. The van der Waals surface area contributed by atoms with E-state index in [9.17, 15) is 4.79 Å². The second-order valence-corrected chi connectivity index (χ2v) is 4.93. The summed E-state index contributed by atoms with van der Waals surface area (Å²) in [5.74, 6) is 1.03. The van der Waals surface area contributed by atoms with Gasteiger partial charge in [0.25, 0.3) is 0 Å². The van der Waals surface area contributed by atoms with Gasteiger partial charge in [0.1, 0.15) is 5.75 Å². The lowest BCUT2D eigenvalue weighted by Gasteiger charge is -2.11. The molecule has 2 N–H and O–H groups in total. The fraction of sp³-hybridized carbons (Fsp3) is 0.533. The van der Waals surface area contributed by atoms with Crippen LogP contribution in [0.25, 0.3) is 0 Å². The Bertz CT molecular complexity index is 425. The fourth-order valence-electron chi connectivity index (χ4n) is 2.03. The van der Waals surface area contributed by atoms with Gasteiger partial charge in [0, 0.05) is 18.0 Å². The molecule has 0 aliphatic carbocycles. The molecule has 1 atom stereocenters. The van der Waals surface area contributed by atoms with Crippen molar-refractivity contribution in [2.75, 3.05) is 7.11 Å². The smallest absolute Gasteiger partial charge is 0.163 e. The van der Waals surface area contributed by atoms with E-state index in [2.05, 4.69) is 0 Å². The number of nitrogens with two attached hydrogens (primary N) is 1. The molecule has 1 aromatic rings. The Kier molecular flexibility index (Phi) is 5.35. The molecule has 0 aromatic heterocycles. The SMILES string of the molecule is COc1cc(C)c(C(=O)CCCC(C)N)cc1C. The number of rotatable bonds is 6. The number of methoxy groups -OCH3 is 1. The average molecular weight is 249 g/mol. The number of hydrogen-bond donors (Lipinski definition) is 1. The molecule has 0 heterocycles. The van der Waals surface area contributed by atoms with Gasteiger partial charge in [-0.2, -0.15) is 0 Å². The lowest BCUT2D eigenvalue weighted by molar-refractivity contribution is 0.0978. The van der Waals surface area contributed by atoms with Crippen LogP contribution in [0.1, 0.15) is 47.7 Å². The standard InChI is InChI=1S/C15H23NO2/c1-10-9-15(18-4)11(2)8-13(10)14(17)7-5-6-12(3)16/h8-9,12H,5-7,16H2,1-4H3. The van der Waals surface area contributed by atoms with Crippen LogP contribution >= 0.6 is 0 Å². The monoisotopic (exact) mass is 249 g/mol. The lowest BCUT2D eigenvalue weighted by Crippen LogP contribution is -2.15. The second-order valence-electron chi connectivity index (χ2n) is 4.93. The predicted molar refractivity (Wildman–Crippen MR) is 74.3 cm³/mol. The molecule has 1 rings (SSSR count). The van der Waals surface area contributed by atoms with Crippen LogP contribution in [0, 0.1) is 13.8 Å². The molecule has 0 aliphatic heterocycles. The molecule has 0 radical (unpaired) electrons. The normalized spacial score (nSPS) is 12.3. The molecule has 0 fully saturated rings. The van der Waals surface area contributed by atoms with E-state index in [1.54, 1.807) is 7.11 Å². The molecule has 0 bridgehead atoms. The predicted octanol–water partition coefficient (Wildman–Crippen LogP) is 3.01. The molecule has 100 valence electrons. The third-order valence-corrected chi connectivity index (χ3v) is 3.11. The summed E-state index contributed by atoms with van der Waals surface area (Å²) >= 11 is 0. The van der Waals surface area contributed by atoms with E-state index in [1.165, 1.54) is 0 Å². The van der Waals surface area contributed by atoms with Crippen LogP contribution in [-0.4, -0.2) is 18.9 Å². The number of ketones is 1. The van der Waals surface area contributed by atoms with E-state index in [0.29, 0.717) is 6.42 Å². The molecule has 0 aliphatic rings. The minimum atomic E-state index is 0.163. The summed E-state index contributed by atoms with van der Waals surface area (Å²) in [6.45, 7) is 5.87. The largest absolute Gasteiger partial charge is 0.496 e. The minimum absolute atomic E-state index is 0.163. The van der Waals surface area contributed by atoms with E-state index in [0.717, 1.165) is 35.3 Å². The summed E-state index contributed by atoms with van der Waals surface area (Å²) in [6, 6.07) is 4.01. The molecule has 0 spiro atoms. The van der Waals surface area contributed by atoms with Crippen molar-refractivity contribution in [2.45, 2.75) is 46.1 Å². The van der Waals surface area contributed by atoms with Crippen molar-refractivity contribution in [2.24, 2.45) is 5.73 Å². The maximum Gasteiger partial charge on any atom is 0.163 e. The van der Waals surface area contributed by atoms with Crippen LogP contribution in [0.15, 0.2) is 12.1 Å². The summed E-state index contributed by atoms with van der Waals surface area (Å²) in [5, 5.41) is 0. The maximum absolute atomic E-state index is 12.1. The maximum atomic E-state index is 12.1. The van der Waals surface area contributed by atoms with Crippen molar-refractivity contribution < 1.29 is 9.53 Å². The number of carbonyl (C=O) groups excluding carboxylic acids is 1. The van der Waals surface area contributed by atoms with Gasteiger partial charge in [-0.25, -0.2) is 0 Å². The third-order valence-electron chi connectivity index (χ3n) is 3.11. The Hall–Kier alpha value is -1.35. The van der Waals surface area contributed by atoms with Gasteiger partial charge in [-0.05, 0) is 56.9 Å². The van der Waals surface area contributed by atoms with Crippen LogP contribution in [0.5, 0.6) is 5.75 Å². The first-order valence-corrected chi connectivity index (χ1v) is 6.39. The number of Topliss-reactive ketones (excluding diaryl/α,β-unsaturated/α-hetero) is 1. The third kappa shape index (κ3) is 3.84. The molecule has 18 heavy (non-hydrogen) atoms. The molecule has 3 heteroatoms. The van der Waals surface area contributed by atoms with Gasteiger partial charge in [-0.3, -0.25) is 4.79 Å². The molecule has 1 unspecified atom stereocenters. The molecule has 1 aromatic carbocycles. The van der Waals surface area contributed by atoms with Crippen LogP contribution in [0.4, 0.5) is 0 Å². The van der Waals surface area contributed by atoms with Gasteiger partial charge in [0.05, 0.1) is 7.11 Å². The quantitative estimate of drug-likeness (QED) is 0.788. The fourth-order valence-corrected chi connectivity index (χ4v) is 2.03. The van der Waals surface area contributed by atoms with Crippen LogP contribution in [-0.2, 0) is 0 Å². The van der Waals surface area contributed by atoms with Crippen molar-refractivity contribution in [3.63, 3.8) is 0 Å². The first-order chi connectivity index (χ1) is 8.45. The first kappa shape index (κ1) is 14.7. The number of ether oxygens (including phenoxy) is 1. The zero-order valence-corrected chi connectivity index (χ0v) is 11.7. The highest BCUT2D eigenvalue weighted by molar-refractivity contribution is 5.97. The lowest BCUT2D eigenvalue weighted by atomic mass is 9.97. The van der Waals surface area contributed by atoms with Crippen LogP contribution in [0.3, 0.4) is 0 Å². The van der Waals surface area contributed by atoms with Gasteiger partial charge >= 0.3 is 0 Å². The molecule has 0 saturated carbocycles. The number of hydrogen-bond acceptors (Lipinski definition) is 3. The highest BCUT2D eigenvalue weighted by atomic mass is 16.5. The van der Waals surface area contributed by atoms with E-state index >= 15 is 0 Å². The van der Waals surface area contributed by atoms with E-state index in [1.807, 2.05) is 32.9 Å². The number of aryl methyl sites for hydroxylation is 2. The molecular formula is C15H23NO2. The van der Waals surface area contributed by atoms with Crippen molar-refractivity contribution >= 4 is 5.78 Å². The summed E-state index contributed by atoms with van der Waals surface area (Å²) in [7, 11) is 1.64. The van der Waals surface area contributed by atoms with E-state index in [4.69, 9.17) is 10.5 Å². The van der Waals surface area contributed by atoms with Gasteiger partial charge in [-0.1, -0.05) is 0 Å². The van der Waals surface area contributed by atoms with Gasteiger partial charge in [-0.15, -0.1) is 0 Å². The molecule has 0 saturated heterocycles. The van der Waals surface area contributed by atoms with E-state index < -0.39 is 0 Å². The zero-order chi connectivity index (χ0) is 13.7. The highest BCUT2D eigenvalue weighted by Gasteiger charge is 2.12. The number of carbonyl (C=O) groups is 1. The summed E-state index contributed by atoms with van der Waals surface area (Å²) in [4.78, 5) is 12.1. The van der Waals surface area contributed by atoms with Gasteiger partial charge < -0.3 is 10.5 Å². The molecule has 0 amide bonds. The first-order valence-electron chi connectivity index (χ1n) is 6.39. The van der Waals surface area contributed by atoms with Crippen molar-refractivity contribution in [3.8, 4) is 5.75 Å². The summed E-state index contributed by atoms with van der Waals surface area (Å²) in [6.07, 6.45) is 2.30. The van der Waals surface area contributed by atoms with Gasteiger partial charge in [0.2, 0.25) is 0 Å². The van der Waals surface area contributed by atoms with Crippen molar-refractivity contribution in [1.82, 2.24) is 0 Å². The number of benzene rings is 1. The Labute approximate surface area is 109 Å². The Morgan fingerprint density at radius 3 is 2.56 bits per heavy atom. The Balaban J connectivity index is 2.77. The van der Waals surface area contributed by atoms with Gasteiger partial charge in [0.15, 0.2) is 5.78 Å². The Morgan fingerprint density at radius 2 is 2.00 bits per heavy atom. The zero-order valence-electron chi connectivity index (χ0n) is 11.7. The molecular weight excluding hydrogens is 226 g/mol. The second kappa shape index (κ2) is 6.55. The average Bonchev–Trinajstić information content (AvgIpc) is 2.30. The van der Waals surface area contributed by atoms with E-state index in [-0.39, 0.29) is 11.8 Å². The minimum Gasteiger partial charge on any atom is -0.496 e. The van der Waals surface area contributed by atoms with Crippen LogP contribution in [0.2, 0.25) is 0 Å². The highest BCUT2D eigenvalue weighted by Crippen LogP contribution is 2.23. The van der Waals surface area contributed by atoms with Crippen LogP contribution < -0.4 is 10.5 Å². The van der Waals surface area contributed by atoms with Crippen molar-refractivity contribution in [3.05, 3.63) is 28.8 Å². The summed E-state index contributed by atoms with van der Waals surface area (Å²) < 4.78 is 5.25. The molecule has 3 nitrogen and oxygen atoms in total.